The first-order valence-electron chi connectivity index (χ1n) is 10.4. The first-order valence-corrected chi connectivity index (χ1v) is 14.4. The molecule has 1 aliphatic heterocycles. The van der Waals surface area contributed by atoms with Crippen molar-refractivity contribution in [2.75, 3.05) is 12.4 Å². The molecule has 3 aromatic carbocycles. The normalized spacial score (nSPS) is 14.1. The van der Waals surface area contributed by atoms with Crippen LogP contribution in [0.3, 0.4) is 0 Å². The van der Waals surface area contributed by atoms with Gasteiger partial charge in [-0.15, -0.1) is 0 Å². The lowest BCUT2D eigenvalue weighted by atomic mass is 10.1. The molecule has 1 heterocycles. The second-order valence-corrected chi connectivity index (χ2v) is 12.5. The van der Waals surface area contributed by atoms with Gasteiger partial charge in [0.05, 0.1) is 44.4 Å². The minimum absolute atomic E-state index is 0.00557. The number of ether oxygens (including phenoxy) is 1. The van der Waals surface area contributed by atoms with Crippen molar-refractivity contribution in [1.29, 1.82) is 0 Å². The zero-order chi connectivity index (χ0) is 26.9. The van der Waals surface area contributed by atoms with Gasteiger partial charge in [-0.1, -0.05) is 49.7 Å². The van der Waals surface area contributed by atoms with Gasteiger partial charge < -0.3 is 10.1 Å². The molecule has 1 amide bonds. The summed E-state index contributed by atoms with van der Waals surface area (Å²) < 4.78 is 32.3. The summed E-state index contributed by atoms with van der Waals surface area (Å²) in [7, 11) is -2.59. The number of carbonyl (C=O) groups is 2. The number of nitro groups is 1. The third-order valence-electron chi connectivity index (χ3n) is 5.33. The lowest BCUT2D eigenvalue weighted by Crippen LogP contribution is -2.18. The van der Waals surface area contributed by atoms with Crippen LogP contribution in [0.1, 0.15) is 21.5 Å². The van der Waals surface area contributed by atoms with Gasteiger partial charge in [0.2, 0.25) is 0 Å². The number of hydrogen-bond donors (Lipinski definition) is 1. The number of hydrogen-bond acceptors (Lipinski definition) is 8. The SMILES string of the molecule is COC(=O)c1ccc(/C=C2\Sc3cc(S(=O)(=O)Cc4c(Br)cccc4Br)ccc3NC2=O)c([N+](=O)[O-])c1. The average molecular weight is 668 g/mol. The molecule has 37 heavy (non-hydrogen) atoms. The lowest BCUT2D eigenvalue weighted by molar-refractivity contribution is -0.385. The van der Waals surface area contributed by atoms with Crippen LogP contribution in [-0.2, 0) is 25.1 Å². The zero-order valence-electron chi connectivity index (χ0n) is 18.9. The Bertz CT molecular complexity index is 1580. The Kier molecular flexibility index (Phi) is 7.88. The highest BCUT2D eigenvalue weighted by Crippen LogP contribution is 2.41. The molecule has 0 bridgehead atoms. The van der Waals surface area contributed by atoms with E-state index < -0.39 is 26.6 Å². The third kappa shape index (κ3) is 5.79. The van der Waals surface area contributed by atoms with Crippen molar-refractivity contribution in [2.24, 2.45) is 0 Å². The lowest BCUT2D eigenvalue weighted by Gasteiger charge is -2.19. The molecule has 4 rings (SSSR count). The Hall–Kier alpha value is -3.00. The first kappa shape index (κ1) is 27.0. The van der Waals surface area contributed by atoms with Crippen LogP contribution in [0.15, 0.2) is 78.2 Å². The van der Waals surface area contributed by atoms with Gasteiger partial charge in [0.25, 0.3) is 11.6 Å². The molecule has 0 aromatic heterocycles. The number of sulfone groups is 1. The number of nitro benzene ring substituents is 1. The van der Waals surface area contributed by atoms with E-state index in [2.05, 4.69) is 41.9 Å². The van der Waals surface area contributed by atoms with Gasteiger partial charge in [-0.3, -0.25) is 14.9 Å². The summed E-state index contributed by atoms with van der Waals surface area (Å²) in [4.78, 5) is 36.0. The van der Waals surface area contributed by atoms with Crippen LogP contribution in [0.4, 0.5) is 11.4 Å². The van der Waals surface area contributed by atoms with E-state index in [0.29, 0.717) is 25.1 Å². The molecule has 0 spiro atoms. The van der Waals surface area contributed by atoms with E-state index in [1.807, 2.05) is 0 Å². The fourth-order valence-electron chi connectivity index (χ4n) is 3.48. The maximum atomic E-state index is 13.2. The minimum atomic E-state index is -3.75. The largest absolute Gasteiger partial charge is 0.465 e. The van der Waals surface area contributed by atoms with Crippen LogP contribution < -0.4 is 5.32 Å². The number of fused-ring (bicyclic) bond motifs is 1. The fourth-order valence-corrected chi connectivity index (χ4v) is 7.62. The number of nitrogens with zero attached hydrogens (tertiary/aromatic N) is 1. The number of carbonyl (C=O) groups excluding carboxylic acids is 2. The number of anilines is 1. The van der Waals surface area contributed by atoms with Crippen molar-refractivity contribution in [1.82, 2.24) is 0 Å². The predicted octanol–water partition coefficient (Wildman–Crippen LogP) is 5.97. The monoisotopic (exact) mass is 666 g/mol. The quantitative estimate of drug-likeness (QED) is 0.147. The fraction of sp³-hybridized carbons (Fsp3) is 0.0833. The predicted molar refractivity (Wildman–Crippen MR) is 146 cm³/mol. The first-order chi connectivity index (χ1) is 17.5. The summed E-state index contributed by atoms with van der Waals surface area (Å²) in [5.74, 6) is -1.49. The van der Waals surface area contributed by atoms with Crippen LogP contribution in [0, 0.1) is 10.1 Å². The van der Waals surface area contributed by atoms with Crippen LogP contribution in [-0.4, -0.2) is 32.3 Å². The van der Waals surface area contributed by atoms with Gasteiger partial charge in [-0.25, -0.2) is 13.2 Å². The Morgan fingerprint density at radius 2 is 1.84 bits per heavy atom. The van der Waals surface area contributed by atoms with Gasteiger partial charge >= 0.3 is 5.97 Å². The standard InChI is InChI=1S/C24H16Br2N2O7S2/c1-35-24(30)14-6-5-13(20(9-14)28(31)32)10-22-23(29)27-19-8-7-15(11-21(19)36-22)37(33,34)12-16-17(25)3-2-4-18(16)26/h2-11H,12H2,1H3,(H,27,29)/b22-10-. The van der Waals surface area contributed by atoms with E-state index in [0.717, 1.165) is 24.9 Å². The highest BCUT2D eigenvalue weighted by molar-refractivity contribution is 9.11. The molecule has 0 saturated carbocycles. The Morgan fingerprint density at radius 1 is 1.14 bits per heavy atom. The van der Waals surface area contributed by atoms with E-state index in [1.54, 1.807) is 18.2 Å². The molecule has 190 valence electrons. The number of rotatable bonds is 6. The van der Waals surface area contributed by atoms with Gasteiger partial charge in [0.1, 0.15) is 0 Å². The van der Waals surface area contributed by atoms with Gasteiger partial charge in [-0.05, 0) is 54.1 Å². The summed E-state index contributed by atoms with van der Waals surface area (Å²) >= 11 is 7.76. The Balaban J connectivity index is 1.69. The van der Waals surface area contributed by atoms with E-state index in [1.165, 1.54) is 36.4 Å². The van der Waals surface area contributed by atoms with E-state index in [9.17, 15) is 28.1 Å². The van der Waals surface area contributed by atoms with Gasteiger partial charge in [-0.2, -0.15) is 0 Å². The average Bonchev–Trinajstić information content (AvgIpc) is 2.86. The summed E-state index contributed by atoms with van der Waals surface area (Å²) in [6, 6.07) is 13.4. The second kappa shape index (κ2) is 10.8. The molecule has 0 fully saturated rings. The molecule has 3 aromatic rings. The molecular weight excluding hydrogens is 652 g/mol. The Morgan fingerprint density at radius 3 is 2.49 bits per heavy atom. The van der Waals surface area contributed by atoms with Crippen LogP contribution in [0.2, 0.25) is 0 Å². The number of methoxy groups -OCH3 is 1. The van der Waals surface area contributed by atoms with Crippen molar-refractivity contribution < 1.29 is 27.7 Å². The summed E-state index contributed by atoms with van der Waals surface area (Å²) in [6.45, 7) is 0. The number of benzene rings is 3. The maximum Gasteiger partial charge on any atom is 0.338 e. The van der Waals surface area contributed by atoms with E-state index in [4.69, 9.17) is 0 Å². The number of nitrogens with one attached hydrogen (secondary N) is 1. The highest BCUT2D eigenvalue weighted by Gasteiger charge is 2.26. The Labute approximate surface area is 232 Å². The van der Waals surface area contributed by atoms with Crippen molar-refractivity contribution >= 4 is 82.8 Å². The second-order valence-electron chi connectivity index (χ2n) is 7.70. The highest BCUT2D eigenvalue weighted by atomic mass is 79.9. The number of amides is 1. The molecule has 13 heteroatoms. The molecule has 1 N–H and O–H groups in total. The third-order valence-corrected chi connectivity index (χ3v) is 9.54. The molecule has 0 radical (unpaired) electrons. The van der Waals surface area contributed by atoms with Crippen molar-refractivity contribution in [3.63, 3.8) is 0 Å². The van der Waals surface area contributed by atoms with Gasteiger partial charge in [0.15, 0.2) is 9.84 Å². The van der Waals surface area contributed by atoms with Crippen LogP contribution in [0.5, 0.6) is 0 Å². The molecular formula is C24H16Br2N2O7S2. The van der Waals surface area contributed by atoms with Crippen LogP contribution in [0.25, 0.3) is 6.08 Å². The maximum absolute atomic E-state index is 13.2. The van der Waals surface area contributed by atoms with Gasteiger partial charge in [0, 0.05) is 19.9 Å². The van der Waals surface area contributed by atoms with Crippen molar-refractivity contribution in [3.8, 4) is 0 Å². The molecule has 0 aliphatic carbocycles. The number of halogens is 2. The minimum Gasteiger partial charge on any atom is -0.465 e. The topological polar surface area (TPSA) is 133 Å². The van der Waals surface area contributed by atoms with E-state index in [-0.39, 0.29) is 32.4 Å². The summed E-state index contributed by atoms with van der Waals surface area (Å²) in [5, 5.41) is 14.3. The summed E-state index contributed by atoms with van der Waals surface area (Å²) in [5.41, 5.74) is 0.702. The number of esters is 1. The molecule has 0 unspecified atom stereocenters. The van der Waals surface area contributed by atoms with Crippen molar-refractivity contribution in [3.05, 3.63) is 95.3 Å². The summed E-state index contributed by atoms with van der Waals surface area (Å²) in [6.07, 6.45) is 1.32. The van der Waals surface area contributed by atoms with Crippen LogP contribution >= 0.6 is 43.6 Å². The molecule has 0 saturated heterocycles. The molecule has 0 atom stereocenters. The smallest absolute Gasteiger partial charge is 0.338 e. The van der Waals surface area contributed by atoms with E-state index >= 15 is 0 Å². The van der Waals surface area contributed by atoms with Crippen molar-refractivity contribution in [2.45, 2.75) is 15.5 Å². The zero-order valence-corrected chi connectivity index (χ0v) is 23.7. The molecule has 9 nitrogen and oxygen atoms in total. The molecule has 1 aliphatic rings. The number of thioether (sulfide) groups is 1.